The molecule has 16 heavy (non-hydrogen) atoms. The van der Waals surface area contributed by atoms with Crippen LogP contribution in [0.15, 0.2) is 29.1 Å². The molecular weight excluding hydrogens is 208 g/mol. The second-order valence-corrected chi connectivity index (χ2v) is 3.10. The first-order chi connectivity index (χ1) is 7.93. The quantitative estimate of drug-likeness (QED) is 0.713. The molecule has 3 heterocycles. The average Bonchev–Trinajstić information content (AvgIpc) is 2.97. The topological polar surface area (TPSA) is 76.8 Å². The highest BCUT2D eigenvalue weighted by Gasteiger charge is 2.08. The van der Waals surface area contributed by atoms with E-state index in [4.69, 9.17) is 9.15 Å². The number of rotatable bonds is 3. The van der Waals surface area contributed by atoms with Crippen molar-refractivity contribution in [2.45, 2.75) is 6.61 Å². The standard InChI is InChI=1S/C10H7N4O2/c1-2-7(15-3-1)4-16-10-8-9(12-5-11-8)13-6-14-10/h1-3,5H,4H2,(H,11,12,13,14). The summed E-state index contributed by atoms with van der Waals surface area (Å²) in [7, 11) is 0. The highest BCUT2D eigenvalue weighted by Crippen LogP contribution is 2.17. The van der Waals surface area contributed by atoms with Crippen molar-refractivity contribution in [1.29, 1.82) is 0 Å². The minimum Gasteiger partial charge on any atom is -0.468 e. The lowest BCUT2D eigenvalue weighted by atomic mass is 10.5. The Balaban J connectivity index is 1.86. The summed E-state index contributed by atoms with van der Waals surface area (Å²) in [6.45, 7) is 0.305. The Kier molecular flexibility index (Phi) is 2.03. The molecule has 0 aliphatic rings. The van der Waals surface area contributed by atoms with Crippen LogP contribution in [0.1, 0.15) is 5.76 Å². The first-order valence-corrected chi connectivity index (χ1v) is 4.66. The van der Waals surface area contributed by atoms with Gasteiger partial charge in [0.25, 0.3) is 0 Å². The van der Waals surface area contributed by atoms with Crippen LogP contribution in [0, 0.1) is 6.33 Å². The van der Waals surface area contributed by atoms with Crippen LogP contribution in [-0.4, -0.2) is 19.9 Å². The lowest BCUT2D eigenvalue weighted by molar-refractivity contribution is 0.263. The molecule has 3 rings (SSSR count). The van der Waals surface area contributed by atoms with Crippen LogP contribution < -0.4 is 4.74 Å². The first kappa shape index (κ1) is 8.90. The van der Waals surface area contributed by atoms with E-state index in [1.165, 1.54) is 6.33 Å². The fourth-order valence-corrected chi connectivity index (χ4v) is 1.34. The van der Waals surface area contributed by atoms with Gasteiger partial charge in [0, 0.05) is 0 Å². The van der Waals surface area contributed by atoms with E-state index in [0.717, 1.165) is 5.76 Å². The number of imidazole rings is 1. The van der Waals surface area contributed by atoms with Crippen LogP contribution in [0.25, 0.3) is 11.2 Å². The lowest BCUT2D eigenvalue weighted by Crippen LogP contribution is -1.97. The third-order valence-corrected chi connectivity index (χ3v) is 2.07. The summed E-state index contributed by atoms with van der Waals surface area (Å²) >= 11 is 0. The number of furan rings is 1. The molecule has 0 aliphatic carbocycles. The molecule has 0 aliphatic heterocycles. The van der Waals surface area contributed by atoms with Crippen molar-refractivity contribution in [3.8, 4) is 5.88 Å². The summed E-state index contributed by atoms with van der Waals surface area (Å²) in [5.41, 5.74) is 1.19. The predicted octanol–water partition coefficient (Wildman–Crippen LogP) is 1.33. The molecule has 1 N–H and O–H groups in total. The Bertz CT molecular complexity index is 588. The highest BCUT2D eigenvalue weighted by molar-refractivity contribution is 5.74. The van der Waals surface area contributed by atoms with Crippen LogP contribution >= 0.6 is 0 Å². The summed E-state index contributed by atoms with van der Waals surface area (Å²) in [6.07, 6.45) is 5.62. The van der Waals surface area contributed by atoms with Gasteiger partial charge in [-0.1, -0.05) is 0 Å². The molecule has 0 atom stereocenters. The number of nitrogens with one attached hydrogen (secondary N) is 1. The number of hydrogen-bond acceptors (Lipinski definition) is 5. The highest BCUT2D eigenvalue weighted by atomic mass is 16.5. The molecule has 79 valence electrons. The third-order valence-electron chi connectivity index (χ3n) is 2.07. The molecule has 0 fully saturated rings. The molecule has 6 heteroatoms. The Morgan fingerprint density at radius 3 is 3.31 bits per heavy atom. The normalized spacial score (nSPS) is 10.8. The molecule has 0 saturated carbocycles. The number of H-pyrrole nitrogens is 1. The maximum Gasteiger partial charge on any atom is 0.246 e. The van der Waals surface area contributed by atoms with E-state index in [-0.39, 0.29) is 0 Å². The largest absolute Gasteiger partial charge is 0.468 e. The van der Waals surface area contributed by atoms with E-state index in [0.29, 0.717) is 23.7 Å². The Morgan fingerprint density at radius 2 is 2.44 bits per heavy atom. The van der Waals surface area contributed by atoms with Crippen molar-refractivity contribution in [2.75, 3.05) is 0 Å². The van der Waals surface area contributed by atoms with Gasteiger partial charge in [0.05, 0.1) is 12.6 Å². The van der Waals surface area contributed by atoms with E-state index in [1.807, 2.05) is 6.07 Å². The fraction of sp³-hybridized carbons (Fsp3) is 0.100. The molecule has 3 aromatic rings. The van der Waals surface area contributed by atoms with Crippen molar-refractivity contribution in [3.63, 3.8) is 0 Å². The Hall–Kier alpha value is -2.37. The SMILES string of the molecule is [c]1nc(OCc2ccco2)c2nc[nH]c2n1. The zero-order chi connectivity index (χ0) is 10.8. The predicted molar refractivity (Wildman–Crippen MR) is 53.6 cm³/mol. The van der Waals surface area contributed by atoms with Gasteiger partial charge in [0.1, 0.15) is 12.4 Å². The number of ether oxygens (including phenoxy) is 1. The molecular formula is C10H7N4O2. The fourth-order valence-electron chi connectivity index (χ4n) is 1.34. The van der Waals surface area contributed by atoms with E-state index in [9.17, 15) is 0 Å². The zero-order valence-corrected chi connectivity index (χ0v) is 8.17. The summed E-state index contributed by atoms with van der Waals surface area (Å²) < 4.78 is 10.6. The molecule has 0 unspecified atom stereocenters. The molecule has 3 aromatic heterocycles. The smallest absolute Gasteiger partial charge is 0.246 e. The molecule has 0 aromatic carbocycles. The van der Waals surface area contributed by atoms with Gasteiger partial charge in [-0.2, -0.15) is 4.98 Å². The van der Waals surface area contributed by atoms with E-state index < -0.39 is 0 Å². The van der Waals surface area contributed by atoms with E-state index in [2.05, 4.69) is 26.3 Å². The number of fused-ring (bicyclic) bond motifs is 1. The Labute approximate surface area is 90.3 Å². The van der Waals surface area contributed by atoms with Gasteiger partial charge >= 0.3 is 0 Å². The van der Waals surface area contributed by atoms with Gasteiger partial charge in [0.2, 0.25) is 12.2 Å². The molecule has 0 bridgehead atoms. The average molecular weight is 215 g/mol. The summed E-state index contributed by atoms with van der Waals surface area (Å²) in [6, 6.07) is 3.63. The summed E-state index contributed by atoms with van der Waals surface area (Å²) in [4.78, 5) is 14.7. The van der Waals surface area contributed by atoms with Gasteiger partial charge in [-0.15, -0.1) is 0 Å². The molecule has 1 radical (unpaired) electrons. The number of nitrogens with zero attached hydrogens (tertiary/aromatic N) is 3. The zero-order valence-electron chi connectivity index (χ0n) is 8.17. The van der Waals surface area contributed by atoms with Crippen LogP contribution in [0.3, 0.4) is 0 Å². The number of aromatic nitrogens is 4. The maximum atomic E-state index is 5.46. The van der Waals surface area contributed by atoms with Gasteiger partial charge in [-0.25, -0.2) is 9.97 Å². The molecule has 0 saturated heterocycles. The van der Waals surface area contributed by atoms with Crippen molar-refractivity contribution in [2.24, 2.45) is 0 Å². The van der Waals surface area contributed by atoms with Gasteiger partial charge in [-0.05, 0) is 12.1 Å². The first-order valence-electron chi connectivity index (χ1n) is 4.66. The number of hydrogen-bond donors (Lipinski definition) is 1. The molecule has 6 nitrogen and oxygen atoms in total. The maximum absolute atomic E-state index is 5.46. The second-order valence-electron chi connectivity index (χ2n) is 3.10. The number of aromatic amines is 1. The summed E-state index contributed by atoms with van der Waals surface area (Å²) in [5, 5.41) is 0. The summed E-state index contributed by atoms with van der Waals surface area (Å²) in [5.74, 6) is 1.12. The minimum absolute atomic E-state index is 0.305. The monoisotopic (exact) mass is 215 g/mol. The van der Waals surface area contributed by atoms with Gasteiger partial charge in [-0.3, -0.25) is 0 Å². The second kappa shape index (κ2) is 3.65. The lowest BCUT2D eigenvalue weighted by Gasteiger charge is -2.01. The van der Waals surface area contributed by atoms with E-state index in [1.54, 1.807) is 12.3 Å². The van der Waals surface area contributed by atoms with Crippen molar-refractivity contribution < 1.29 is 9.15 Å². The third kappa shape index (κ3) is 1.50. The van der Waals surface area contributed by atoms with Gasteiger partial charge < -0.3 is 14.1 Å². The van der Waals surface area contributed by atoms with Crippen LogP contribution in [0.2, 0.25) is 0 Å². The van der Waals surface area contributed by atoms with E-state index >= 15 is 0 Å². The van der Waals surface area contributed by atoms with Crippen molar-refractivity contribution >= 4 is 11.2 Å². The van der Waals surface area contributed by atoms with Crippen LogP contribution in [-0.2, 0) is 6.61 Å². The van der Waals surface area contributed by atoms with Crippen molar-refractivity contribution in [3.05, 3.63) is 36.8 Å². The van der Waals surface area contributed by atoms with Gasteiger partial charge in [0.15, 0.2) is 11.2 Å². The molecule has 0 amide bonds. The minimum atomic E-state index is 0.305. The Morgan fingerprint density at radius 1 is 1.44 bits per heavy atom. The molecule has 0 spiro atoms. The van der Waals surface area contributed by atoms with Crippen LogP contribution in [0.4, 0.5) is 0 Å². The van der Waals surface area contributed by atoms with Crippen molar-refractivity contribution in [1.82, 2.24) is 19.9 Å². The van der Waals surface area contributed by atoms with Crippen LogP contribution in [0.5, 0.6) is 5.88 Å².